The number of ether oxygens (including phenoxy) is 1. The Morgan fingerprint density at radius 2 is 1.91 bits per heavy atom. The summed E-state index contributed by atoms with van der Waals surface area (Å²) in [6, 6.07) is 3.69. The second kappa shape index (κ2) is 9.57. The van der Waals surface area contributed by atoms with Gasteiger partial charge in [-0.3, -0.25) is 15.0 Å². The number of amides is 2. The largest absolute Gasteiger partial charge is 0.483 e. The molecule has 0 saturated carbocycles. The maximum absolute atomic E-state index is 11.7. The van der Waals surface area contributed by atoms with Crippen LogP contribution in [0.4, 0.5) is 0 Å². The van der Waals surface area contributed by atoms with Gasteiger partial charge in [0.05, 0.1) is 4.47 Å². The molecule has 2 amide bonds. The molecule has 8 heteroatoms. The highest BCUT2D eigenvalue weighted by Crippen LogP contribution is 2.31. The third kappa shape index (κ3) is 7.04. The molecule has 1 aromatic rings. The summed E-state index contributed by atoms with van der Waals surface area (Å²) < 4.78 is 7.17. The van der Waals surface area contributed by atoms with Gasteiger partial charge in [0.15, 0.2) is 6.61 Å². The Labute approximate surface area is 152 Å². The van der Waals surface area contributed by atoms with Crippen LogP contribution in [0.15, 0.2) is 32.9 Å². The van der Waals surface area contributed by atoms with E-state index in [4.69, 9.17) is 4.74 Å². The van der Waals surface area contributed by atoms with Gasteiger partial charge >= 0.3 is 0 Å². The van der Waals surface area contributed by atoms with Gasteiger partial charge in [0.25, 0.3) is 5.91 Å². The number of hydrazine groups is 1. The number of allylic oxidation sites excluding steroid dienone is 1. The van der Waals surface area contributed by atoms with E-state index in [1.54, 1.807) is 6.92 Å². The number of aryl methyl sites for hydroxylation is 1. The van der Waals surface area contributed by atoms with Gasteiger partial charge in [0, 0.05) is 22.8 Å². The summed E-state index contributed by atoms with van der Waals surface area (Å²) in [5, 5.41) is 2.62. The van der Waals surface area contributed by atoms with E-state index in [0.29, 0.717) is 18.0 Å². The monoisotopic (exact) mass is 447 g/mol. The van der Waals surface area contributed by atoms with Crippen molar-refractivity contribution in [3.8, 4) is 5.75 Å². The first-order valence-electron chi connectivity index (χ1n) is 6.93. The molecule has 0 aliphatic rings. The topological polar surface area (TPSA) is 79.5 Å². The van der Waals surface area contributed by atoms with E-state index in [2.05, 4.69) is 48.0 Å². The number of carbonyl (C=O) groups is 2. The van der Waals surface area contributed by atoms with Crippen LogP contribution in [-0.2, 0) is 9.59 Å². The van der Waals surface area contributed by atoms with Gasteiger partial charge in [-0.15, -0.1) is 0 Å². The van der Waals surface area contributed by atoms with Crippen molar-refractivity contribution in [2.75, 3.05) is 13.2 Å². The fourth-order valence-corrected chi connectivity index (χ4v) is 2.66. The molecule has 126 valence electrons. The molecule has 23 heavy (non-hydrogen) atoms. The molecular formula is C15H19Br2N3O3. The second-order valence-corrected chi connectivity index (χ2v) is 6.42. The van der Waals surface area contributed by atoms with E-state index in [1.807, 2.05) is 26.0 Å². The van der Waals surface area contributed by atoms with Gasteiger partial charge < -0.3 is 15.5 Å². The van der Waals surface area contributed by atoms with Crippen molar-refractivity contribution in [2.24, 2.45) is 0 Å². The van der Waals surface area contributed by atoms with Crippen molar-refractivity contribution in [3.05, 3.63) is 38.4 Å². The maximum atomic E-state index is 11.7. The smallest absolute Gasteiger partial charge is 0.276 e. The summed E-state index contributed by atoms with van der Waals surface area (Å²) in [5.74, 6) is -0.00572. The number of rotatable bonds is 7. The van der Waals surface area contributed by atoms with Gasteiger partial charge in [-0.25, -0.2) is 0 Å². The lowest BCUT2D eigenvalue weighted by molar-refractivity contribution is -0.124. The summed E-state index contributed by atoms with van der Waals surface area (Å²) in [6.45, 7) is 5.83. The van der Waals surface area contributed by atoms with E-state index in [-0.39, 0.29) is 18.4 Å². The predicted molar refractivity (Wildman–Crippen MR) is 95.8 cm³/mol. The summed E-state index contributed by atoms with van der Waals surface area (Å²) >= 11 is 6.80. The molecule has 6 nitrogen and oxygen atoms in total. The van der Waals surface area contributed by atoms with Crippen molar-refractivity contribution in [1.82, 2.24) is 16.2 Å². The summed E-state index contributed by atoms with van der Waals surface area (Å²) in [4.78, 5) is 23.1. The lowest BCUT2D eigenvalue weighted by Crippen LogP contribution is -2.39. The summed E-state index contributed by atoms with van der Waals surface area (Å²) in [6.07, 6.45) is 1.36. The third-order valence-electron chi connectivity index (χ3n) is 2.67. The molecule has 0 bridgehead atoms. The number of hydrogen-bond acceptors (Lipinski definition) is 4. The number of benzene rings is 1. The van der Waals surface area contributed by atoms with Crippen LogP contribution in [0, 0.1) is 6.92 Å². The van der Waals surface area contributed by atoms with Gasteiger partial charge in [-0.1, -0.05) is 15.9 Å². The van der Waals surface area contributed by atoms with E-state index >= 15 is 0 Å². The quantitative estimate of drug-likeness (QED) is 0.442. The molecule has 0 unspecified atom stereocenters. The zero-order valence-electron chi connectivity index (χ0n) is 13.1. The van der Waals surface area contributed by atoms with Crippen LogP contribution in [0.1, 0.15) is 19.4 Å². The van der Waals surface area contributed by atoms with Crippen LogP contribution in [0.3, 0.4) is 0 Å². The van der Waals surface area contributed by atoms with E-state index in [0.717, 1.165) is 14.5 Å². The Morgan fingerprint density at radius 3 is 2.57 bits per heavy atom. The second-order valence-electron chi connectivity index (χ2n) is 4.72. The van der Waals surface area contributed by atoms with Gasteiger partial charge in [0.1, 0.15) is 5.75 Å². The standard InChI is InChI=1S/C15H19Br2N3O3/c1-4-18-14(21)6-10(3)19-20-15(22)8-23-13-5-9(2)11(16)7-12(13)17/h5-7,19H,4,8H2,1-3H3,(H,18,21)(H,20,22). The molecular weight excluding hydrogens is 430 g/mol. The molecule has 0 atom stereocenters. The Morgan fingerprint density at radius 1 is 1.22 bits per heavy atom. The number of hydrogen-bond donors (Lipinski definition) is 3. The highest BCUT2D eigenvalue weighted by Gasteiger charge is 2.08. The zero-order chi connectivity index (χ0) is 17.4. The number of carbonyl (C=O) groups excluding carboxylic acids is 2. The fraction of sp³-hybridized carbons (Fsp3) is 0.333. The average Bonchev–Trinajstić information content (AvgIpc) is 2.47. The lowest BCUT2D eigenvalue weighted by Gasteiger charge is -2.12. The normalized spacial score (nSPS) is 10.9. The third-order valence-corrected chi connectivity index (χ3v) is 4.14. The van der Waals surface area contributed by atoms with Crippen molar-refractivity contribution >= 4 is 43.7 Å². The highest BCUT2D eigenvalue weighted by molar-refractivity contribution is 9.11. The van der Waals surface area contributed by atoms with Gasteiger partial charge in [0.2, 0.25) is 5.91 Å². The van der Waals surface area contributed by atoms with Gasteiger partial charge in [-0.05, 0) is 54.4 Å². The minimum absolute atomic E-state index is 0.152. The van der Waals surface area contributed by atoms with Crippen molar-refractivity contribution < 1.29 is 14.3 Å². The maximum Gasteiger partial charge on any atom is 0.276 e. The first-order valence-corrected chi connectivity index (χ1v) is 8.51. The minimum Gasteiger partial charge on any atom is -0.483 e. The molecule has 1 rings (SSSR count). The molecule has 0 spiro atoms. The molecule has 1 aromatic carbocycles. The Bertz CT molecular complexity index is 618. The van der Waals surface area contributed by atoms with E-state index in [9.17, 15) is 9.59 Å². The molecule has 0 heterocycles. The van der Waals surface area contributed by atoms with Crippen LogP contribution < -0.4 is 20.9 Å². The molecule has 3 N–H and O–H groups in total. The average molecular weight is 449 g/mol. The van der Waals surface area contributed by atoms with Crippen molar-refractivity contribution in [3.63, 3.8) is 0 Å². The first-order chi connectivity index (χ1) is 10.8. The molecule has 0 aliphatic heterocycles. The van der Waals surface area contributed by atoms with E-state index in [1.165, 1.54) is 6.08 Å². The first kappa shape index (κ1) is 19.5. The van der Waals surface area contributed by atoms with Crippen LogP contribution in [0.25, 0.3) is 0 Å². The number of halogens is 2. The van der Waals surface area contributed by atoms with Crippen LogP contribution in [0.5, 0.6) is 5.75 Å². The molecule has 0 saturated heterocycles. The van der Waals surface area contributed by atoms with Crippen LogP contribution in [-0.4, -0.2) is 25.0 Å². The van der Waals surface area contributed by atoms with Crippen molar-refractivity contribution in [1.29, 1.82) is 0 Å². The fourth-order valence-electron chi connectivity index (χ4n) is 1.55. The van der Waals surface area contributed by atoms with E-state index < -0.39 is 0 Å². The highest BCUT2D eigenvalue weighted by atomic mass is 79.9. The van der Waals surface area contributed by atoms with Crippen molar-refractivity contribution in [2.45, 2.75) is 20.8 Å². The Balaban J connectivity index is 2.46. The minimum atomic E-state index is -0.360. The number of nitrogens with one attached hydrogen (secondary N) is 3. The SMILES string of the molecule is CCNC(=O)C=C(C)NNC(=O)COc1cc(C)c(Br)cc1Br. The lowest BCUT2D eigenvalue weighted by atomic mass is 10.2. The molecule has 0 radical (unpaired) electrons. The summed E-state index contributed by atoms with van der Waals surface area (Å²) in [7, 11) is 0. The van der Waals surface area contributed by atoms with Crippen LogP contribution in [0.2, 0.25) is 0 Å². The van der Waals surface area contributed by atoms with Gasteiger partial charge in [-0.2, -0.15) is 0 Å². The number of likely N-dealkylation sites (N-methyl/N-ethyl adjacent to an activating group) is 1. The molecule has 0 fully saturated rings. The summed E-state index contributed by atoms with van der Waals surface area (Å²) in [5.41, 5.74) is 6.62. The molecule has 0 aliphatic carbocycles. The predicted octanol–water partition coefficient (Wildman–Crippen LogP) is 2.56. The molecule has 0 aromatic heterocycles. The zero-order valence-corrected chi connectivity index (χ0v) is 16.3. The van der Waals surface area contributed by atoms with Crippen LogP contribution >= 0.6 is 31.9 Å². The Kier molecular flexibility index (Phi) is 8.11. The Hall–Kier alpha value is -1.54.